The van der Waals surface area contributed by atoms with E-state index in [0.717, 1.165) is 16.8 Å². The lowest BCUT2D eigenvalue weighted by atomic mass is 10.1. The fourth-order valence-corrected chi connectivity index (χ4v) is 2.13. The molecule has 0 saturated heterocycles. The average molecular weight is 250 g/mol. The van der Waals surface area contributed by atoms with Crippen LogP contribution in [0, 0.1) is 13.8 Å². The van der Waals surface area contributed by atoms with Gasteiger partial charge in [-0.15, -0.1) is 0 Å². The number of aromatic nitrogens is 2. The summed E-state index contributed by atoms with van der Waals surface area (Å²) in [6.45, 7) is 4.00. The van der Waals surface area contributed by atoms with Gasteiger partial charge in [0.15, 0.2) is 0 Å². The van der Waals surface area contributed by atoms with Gasteiger partial charge in [-0.1, -0.05) is 29.3 Å². The van der Waals surface area contributed by atoms with E-state index in [0.29, 0.717) is 5.39 Å². The second-order valence-corrected chi connectivity index (χ2v) is 4.78. The molecule has 0 atom stereocenters. The van der Waals surface area contributed by atoms with Crippen molar-refractivity contribution in [2.45, 2.75) is 13.8 Å². The van der Waals surface area contributed by atoms with Crippen molar-refractivity contribution >= 4 is 10.9 Å². The Morgan fingerprint density at radius 3 is 2.37 bits per heavy atom. The quantitative estimate of drug-likeness (QED) is 0.665. The van der Waals surface area contributed by atoms with Gasteiger partial charge in [-0.3, -0.25) is 9.36 Å². The average Bonchev–Trinajstić information content (AvgIpc) is 2.41. The first-order valence-electron chi connectivity index (χ1n) is 6.20. The summed E-state index contributed by atoms with van der Waals surface area (Å²) in [5, 5.41) is 0.656. The molecule has 0 amide bonds. The SMILES string of the molecule is Cc1ccc(-n2cnc3ccc(C)cc3c2=O)cc1. The number of hydrogen-bond acceptors (Lipinski definition) is 2. The van der Waals surface area contributed by atoms with Crippen LogP contribution in [0.5, 0.6) is 0 Å². The first kappa shape index (κ1) is 11.7. The Labute approximate surface area is 111 Å². The number of fused-ring (bicyclic) bond motifs is 1. The second-order valence-electron chi connectivity index (χ2n) is 4.78. The van der Waals surface area contributed by atoms with Crippen LogP contribution < -0.4 is 5.56 Å². The molecule has 0 aliphatic heterocycles. The highest BCUT2D eigenvalue weighted by Gasteiger charge is 2.05. The molecule has 0 saturated carbocycles. The van der Waals surface area contributed by atoms with Gasteiger partial charge in [0.25, 0.3) is 5.56 Å². The molecule has 0 radical (unpaired) electrons. The van der Waals surface area contributed by atoms with Crippen molar-refractivity contribution in [1.29, 1.82) is 0 Å². The van der Waals surface area contributed by atoms with E-state index in [9.17, 15) is 4.79 Å². The number of rotatable bonds is 1. The Hall–Kier alpha value is -2.42. The van der Waals surface area contributed by atoms with E-state index in [1.54, 1.807) is 10.9 Å². The van der Waals surface area contributed by atoms with Crippen molar-refractivity contribution in [3.05, 3.63) is 70.3 Å². The number of aryl methyl sites for hydroxylation is 2. The third-order valence-electron chi connectivity index (χ3n) is 3.23. The van der Waals surface area contributed by atoms with Crippen LogP contribution in [-0.4, -0.2) is 9.55 Å². The largest absolute Gasteiger partial charge is 0.268 e. The van der Waals surface area contributed by atoms with Gasteiger partial charge in [0, 0.05) is 0 Å². The van der Waals surface area contributed by atoms with Crippen LogP contribution in [-0.2, 0) is 0 Å². The highest BCUT2D eigenvalue weighted by atomic mass is 16.1. The van der Waals surface area contributed by atoms with Gasteiger partial charge in [0.1, 0.15) is 6.33 Å². The minimum atomic E-state index is -0.0300. The summed E-state index contributed by atoms with van der Waals surface area (Å²) in [7, 11) is 0. The Balaban J connectivity index is 2.28. The van der Waals surface area contributed by atoms with Crippen molar-refractivity contribution in [2.24, 2.45) is 0 Å². The van der Waals surface area contributed by atoms with E-state index >= 15 is 0 Å². The summed E-state index contributed by atoms with van der Waals surface area (Å²) in [5.41, 5.74) is 3.78. The van der Waals surface area contributed by atoms with Crippen molar-refractivity contribution < 1.29 is 0 Å². The Morgan fingerprint density at radius 1 is 0.947 bits per heavy atom. The molecule has 0 aliphatic carbocycles. The van der Waals surface area contributed by atoms with Crippen LogP contribution in [0.1, 0.15) is 11.1 Å². The van der Waals surface area contributed by atoms with Crippen LogP contribution in [0.15, 0.2) is 53.6 Å². The molecule has 0 unspecified atom stereocenters. The standard InChI is InChI=1S/C16H14N2O/c1-11-3-6-13(7-4-11)18-10-17-15-8-5-12(2)9-14(15)16(18)19/h3-10H,1-2H3. The summed E-state index contributed by atoms with van der Waals surface area (Å²) in [4.78, 5) is 16.8. The summed E-state index contributed by atoms with van der Waals surface area (Å²) in [6.07, 6.45) is 1.59. The first-order chi connectivity index (χ1) is 9.15. The molecule has 1 heterocycles. The molecule has 19 heavy (non-hydrogen) atoms. The number of benzene rings is 2. The smallest absolute Gasteiger partial charge is 0.265 e. The van der Waals surface area contributed by atoms with Crippen molar-refractivity contribution in [1.82, 2.24) is 9.55 Å². The summed E-state index contributed by atoms with van der Waals surface area (Å²) in [5.74, 6) is 0. The highest BCUT2D eigenvalue weighted by molar-refractivity contribution is 5.78. The highest BCUT2D eigenvalue weighted by Crippen LogP contribution is 2.12. The fraction of sp³-hybridized carbons (Fsp3) is 0.125. The van der Waals surface area contributed by atoms with Crippen molar-refractivity contribution in [3.8, 4) is 5.69 Å². The van der Waals surface area contributed by atoms with E-state index < -0.39 is 0 Å². The third-order valence-corrected chi connectivity index (χ3v) is 3.23. The summed E-state index contributed by atoms with van der Waals surface area (Å²) >= 11 is 0. The first-order valence-corrected chi connectivity index (χ1v) is 6.20. The molecule has 3 nitrogen and oxygen atoms in total. The van der Waals surface area contributed by atoms with Crippen LogP contribution in [0.4, 0.5) is 0 Å². The molecule has 0 bridgehead atoms. The zero-order chi connectivity index (χ0) is 13.4. The molecular weight excluding hydrogens is 236 g/mol. The molecule has 3 rings (SSSR count). The zero-order valence-corrected chi connectivity index (χ0v) is 10.9. The molecular formula is C16H14N2O. The molecule has 1 aromatic heterocycles. The van der Waals surface area contributed by atoms with Gasteiger partial charge in [0.2, 0.25) is 0 Å². The molecule has 0 N–H and O–H groups in total. The molecule has 0 fully saturated rings. The van der Waals surface area contributed by atoms with E-state index in [4.69, 9.17) is 0 Å². The van der Waals surface area contributed by atoms with Gasteiger partial charge in [-0.2, -0.15) is 0 Å². The van der Waals surface area contributed by atoms with E-state index in [1.807, 2.05) is 56.3 Å². The number of hydrogen-bond donors (Lipinski definition) is 0. The van der Waals surface area contributed by atoms with Gasteiger partial charge in [-0.05, 0) is 38.1 Å². The molecule has 0 spiro atoms. The van der Waals surface area contributed by atoms with E-state index in [-0.39, 0.29) is 5.56 Å². The maximum atomic E-state index is 12.5. The minimum Gasteiger partial charge on any atom is -0.268 e. The van der Waals surface area contributed by atoms with Crippen LogP contribution in [0.2, 0.25) is 0 Å². The normalized spacial score (nSPS) is 10.8. The molecule has 2 aromatic carbocycles. The van der Waals surface area contributed by atoms with Crippen LogP contribution in [0.25, 0.3) is 16.6 Å². The van der Waals surface area contributed by atoms with E-state index in [2.05, 4.69) is 4.98 Å². The predicted molar refractivity (Wildman–Crippen MR) is 76.8 cm³/mol. The van der Waals surface area contributed by atoms with Crippen LogP contribution in [0.3, 0.4) is 0 Å². The third kappa shape index (κ3) is 2.03. The maximum absolute atomic E-state index is 12.5. The van der Waals surface area contributed by atoms with Gasteiger partial charge < -0.3 is 0 Å². The fourth-order valence-electron chi connectivity index (χ4n) is 2.13. The second kappa shape index (κ2) is 4.35. The summed E-state index contributed by atoms with van der Waals surface area (Å²) < 4.78 is 1.58. The molecule has 94 valence electrons. The van der Waals surface area contributed by atoms with Crippen LogP contribution >= 0.6 is 0 Å². The lowest BCUT2D eigenvalue weighted by molar-refractivity contribution is 0.962. The Bertz CT molecular complexity index is 801. The van der Waals surface area contributed by atoms with Crippen molar-refractivity contribution in [3.63, 3.8) is 0 Å². The van der Waals surface area contributed by atoms with E-state index in [1.165, 1.54) is 5.56 Å². The minimum absolute atomic E-state index is 0.0300. The molecule has 0 aliphatic rings. The van der Waals surface area contributed by atoms with Crippen molar-refractivity contribution in [2.75, 3.05) is 0 Å². The molecule has 3 aromatic rings. The predicted octanol–water partition coefficient (Wildman–Crippen LogP) is 3.00. The lowest BCUT2D eigenvalue weighted by Crippen LogP contribution is -2.18. The maximum Gasteiger partial charge on any atom is 0.265 e. The zero-order valence-electron chi connectivity index (χ0n) is 10.9. The van der Waals surface area contributed by atoms with Gasteiger partial charge in [0.05, 0.1) is 16.6 Å². The molecule has 3 heteroatoms. The number of nitrogens with zero attached hydrogens (tertiary/aromatic N) is 2. The monoisotopic (exact) mass is 250 g/mol. The van der Waals surface area contributed by atoms with Gasteiger partial charge >= 0.3 is 0 Å². The lowest BCUT2D eigenvalue weighted by Gasteiger charge is -2.07. The topological polar surface area (TPSA) is 34.9 Å². The summed E-state index contributed by atoms with van der Waals surface area (Å²) in [6, 6.07) is 13.6. The van der Waals surface area contributed by atoms with Gasteiger partial charge in [-0.25, -0.2) is 4.98 Å². The Kier molecular flexibility index (Phi) is 2.67. The Morgan fingerprint density at radius 2 is 1.63 bits per heavy atom.